The summed E-state index contributed by atoms with van der Waals surface area (Å²) in [5, 5.41) is 7.98. The fourth-order valence-corrected chi connectivity index (χ4v) is 4.51. The third-order valence-electron chi connectivity index (χ3n) is 5.85. The topological polar surface area (TPSA) is 85.9 Å². The molecular formula is C25H25ClN6O. The van der Waals surface area contributed by atoms with Crippen LogP contribution in [-0.4, -0.2) is 51.4 Å². The summed E-state index contributed by atoms with van der Waals surface area (Å²) in [6, 6.07) is 17.7. The number of carbonyl (C=O) groups excluding carboxylic acids is 1. The SMILES string of the molecule is O=C(CN1CCC[C@@H](Nc2ncc(Cl)c(-c3c[nH]c4ccccc34)n2)C1)Nc1ccccc1. The molecule has 0 unspecified atom stereocenters. The van der Waals surface area contributed by atoms with Gasteiger partial charge in [0.05, 0.1) is 23.5 Å². The molecule has 1 saturated heterocycles. The molecule has 33 heavy (non-hydrogen) atoms. The second-order valence-corrected chi connectivity index (χ2v) is 8.68. The van der Waals surface area contributed by atoms with Gasteiger partial charge in [0.15, 0.2) is 0 Å². The Bertz CT molecular complexity index is 1260. The van der Waals surface area contributed by atoms with Crippen LogP contribution in [0.5, 0.6) is 0 Å². The maximum Gasteiger partial charge on any atom is 0.238 e. The van der Waals surface area contributed by atoms with Crippen LogP contribution < -0.4 is 10.6 Å². The van der Waals surface area contributed by atoms with E-state index in [1.807, 2.05) is 60.8 Å². The van der Waals surface area contributed by atoms with Crippen LogP contribution >= 0.6 is 11.6 Å². The lowest BCUT2D eigenvalue weighted by atomic mass is 10.1. The van der Waals surface area contributed by atoms with Crippen molar-refractivity contribution in [1.29, 1.82) is 0 Å². The van der Waals surface area contributed by atoms with E-state index in [-0.39, 0.29) is 11.9 Å². The van der Waals surface area contributed by atoms with Gasteiger partial charge in [0, 0.05) is 40.9 Å². The van der Waals surface area contributed by atoms with Crippen LogP contribution in [0.25, 0.3) is 22.2 Å². The zero-order valence-electron chi connectivity index (χ0n) is 18.1. The van der Waals surface area contributed by atoms with Gasteiger partial charge in [0.1, 0.15) is 0 Å². The van der Waals surface area contributed by atoms with E-state index < -0.39 is 0 Å². The highest BCUT2D eigenvalue weighted by Crippen LogP contribution is 2.32. The van der Waals surface area contributed by atoms with Crippen LogP contribution in [-0.2, 0) is 4.79 Å². The molecule has 4 aromatic rings. The van der Waals surface area contributed by atoms with Crippen LogP contribution in [0, 0.1) is 0 Å². The monoisotopic (exact) mass is 460 g/mol. The van der Waals surface area contributed by atoms with Crippen molar-refractivity contribution in [3.8, 4) is 11.3 Å². The van der Waals surface area contributed by atoms with Crippen molar-refractivity contribution in [1.82, 2.24) is 19.9 Å². The molecule has 168 valence electrons. The molecule has 5 rings (SSSR count). The van der Waals surface area contributed by atoms with Gasteiger partial charge in [-0.3, -0.25) is 9.69 Å². The first kappa shape index (κ1) is 21.4. The number of H-pyrrole nitrogens is 1. The normalized spacial score (nSPS) is 16.6. The number of para-hydroxylation sites is 2. The lowest BCUT2D eigenvalue weighted by Gasteiger charge is -2.32. The molecular weight excluding hydrogens is 436 g/mol. The first-order valence-corrected chi connectivity index (χ1v) is 11.5. The lowest BCUT2D eigenvalue weighted by molar-refractivity contribution is -0.117. The summed E-state index contributed by atoms with van der Waals surface area (Å²) in [6.07, 6.45) is 5.56. The summed E-state index contributed by atoms with van der Waals surface area (Å²) in [4.78, 5) is 27.0. The second-order valence-electron chi connectivity index (χ2n) is 8.27. The molecule has 1 aliphatic heterocycles. The average Bonchev–Trinajstić information content (AvgIpc) is 3.25. The van der Waals surface area contributed by atoms with Gasteiger partial charge in [-0.1, -0.05) is 48.0 Å². The molecule has 0 aliphatic carbocycles. The standard InChI is InChI=1S/C25H25ClN6O/c26-21-14-28-25(31-24(21)20-13-27-22-11-5-4-10-19(20)22)30-18-9-6-12-32(15-18)16-23(33)29-17-7-2-1-3-8-17/h1-5,7-8,10-11,13-14,18,27H,6,9,12,15-16H2,(H,29,33)(H,28,30,31)/t18-/m1/s1. The maximum absolute atomic E-state index is 12.5. The van der Waals surface area contributed by atoms with Gasteiger partial charge in [-0.15, -0.1) is 0 Å². The fourth-order valence-electron chi connectivity index (χ4n) is 4.32. The molecule has 8 heteroatoms. The Hall–Kier alpha value is -3.42. The molecule has 0 radical (unpaired) electrons. The Kier molecular flexibility index (Phi) is 6.24. The van der Waals surface area contributed by atoms with Gasteiger partial charge in [0.25, 0.3) is 0 Å². The molecule has 1 fully saturated rings. The number of nitrogens with one attached hydrogen (secondary N) is 3. The molecule has 1 amide bonds. The van der Waals surface area contributed by atoms with E-state index in [0.717, 1.165) is 48.1 Å². The lowest BCUT2D eigenvalue weighted by Crippen LogP contribution is -2.45. The summed E-state index contributed by atoms with van der Waals surface area (Å²) in [6.45, 7) is 1.99. The minimum Gasteiger partial charge on any atom is -0.360 e. The Balaban J connectivity index is 1.25. The van der Waals surface area contributed by atoms with Gasteiger partial charge >= 0.3 is 0 Å². The zero-order valence-corrected chi connectivity index (χ0v) is 18.8. The summed E-state index contributed by atoms with van der Waals surface area (Å²) >= 11 is 6.46. The van der Waals surface area contributed by atoms with E-state index in [9.17, 15) is 4.79 Å². The molecule has 0 spiro atoms. The Morgan fingerprint density at radius 3 is 2.85 bits per heavy atom. The van der Waals surface area contributed by atoms with Crippen LogP contribution in [0.3, 0.4) is 0 Å². The smallest absolute Gasteiger partial charge is 0.238 e. The van der Waals surface area contributed by atoms with Gasteiger partial charge in [-0.2, -0.15) is 0 Å². The molecule has 1 aliphatic rings. The molecule has 2 aromatic carbocycles. The Labute approximate surface area is 197 Å². The van der Waals surface area contributed by atoms with Crippen molar-refractivity contribution >= 4 is 40.0 Å². The predicted molar refractivity (Wildman–Crippen MR) is 132 cm³/mol. The molecule has 3 N–H and O–H groups in total. The zero-order chi connectivity index (χ0) is 22.6. The number of carbonyl (C=O) groups is 1. The summed E-state index contributed by atoms with van der Waals surface area (Å²) < 4.78 is 0. The van der Waals surface area contributed by atoms with E-state index >= 15 is 0 Å². The number of aromatic amines is 1. The number of halogens is 1. The van der Waals surface area contributed by atoms with Crippen molar-refractivity contribution in [2.45, 2.75) is 18.9 Å². The fraction of sp³-hybridized carbons (Fsp3) is 0.240. The second kappa shape index (κ2) is 9.60. The summed E-state index contributed by atoms with van der Waals surface area (Å²) in [5.41, 5.74) is 3.49. The summed E-state index contributed by atoms with van der Waals surface area (Å²) in [7, 11) is 0. The predicted octanol–water partition coefficient (Wildman–Crippen LogP) is 4.79. The number of aromatic nitrogens is 3. The minimum atomic E-state index is -0.00813. The largest absolute Gasteiger partial charge is 0.360 e. The van der Waals surface area contributed by atoms with E-state index in [1.165, 1.54) is 0 Å². The maximum atomic E-state index is 12.5. The molecule has 1 atom stereocenters. The van der Waals surface area contributed by atoms with Gasteiger partial charge in [0.2, 0.25) is 11.9 Å². The Morgan fingerprint density at radius 1 is 1.15 bits per heavy atom. The van der Waals surface area contributed by atoms with Crippen LogP contribution in [0.2, 0.25) is 5.02 Å². The first-order valence-electron chi connectivity index (χ1n) is 11.1. The molecule has 0 saturated carbocycles. The molecule has 3 heterocycles. The van der Waals surface area contributed by atoms with Crippen molar-refractivity contribution in [3.63, 3.8) is 0 Å². The van der Waals surface area contributed by atoms with Crippen LogP contribution in [0.15, 0.2) is 67.0 Å². The first-order chi connectivity index (χ1) is 16.2. The van der Waals surface area contributed by atoms with Crippen molar-refractivity contribution < 1.29 is 4.79 Å². The highest BCUT2D eigenvalue weighted by Gasteiger charge is 2.23. The number of benzene rings is 2. The van der Waals surface area contributed by atoms with Crippen molar-refractivity contribution in [2.75, 3.05) is 30.3 Å². The number of likely N-dealkylation sites (tertiary alicyclic amines) is 1. The number of hydrogen-bond acceptors (Lipinski definition) is 5. The van der Waals surface area contributed by atoms with Crippen molar-refractivity contribution in [3.05, 3.63) is 72.0 Å². The number of nitrogens with zero attached hydrogens (tertiary/aromatic N) is 3. The number of amides is 1. The van der Waals surface area contributed by atoms with Gasteiger partial charge in [-0.05, 0) is 37.6 Å². The number of rotatable bonds is 6. The van der Waals surface area contributed by atoms with E-state index in [1.54, 1.807) is 6.20 Å². The molecule has 7 nitrogen and oxygen atoms in total. The highest BCUT2D eigenvalue weighted by molar-refractivity contribution is 6.33. The quantitative estimate of drug-likeness (QED) is 0.385. The Morgan fingerprint density at radius 2 is 1.97 bits per heavy atom. The van der Waals surface area contributed by atoms with E-state index in [4.69, 9.17) is 16.6 Å². The van der Waals surface area contributed by atoms with E-state index in [2.05, 4.69) is 25.5 Å². The van der Waals surface area contributed by atoms with Gasteiger partial charge in [-0.25, -0.2) is 9.97 Å². The molecule has 0 bridgehead atoms. The van der Waals surface area contributed by atoms with Gasteiger partial charge < -0.3 is 15.6 Å². The van der Waals surface area contributed by atoms with Crippen molar-refractivity contribution in [2.24, 2.45) is 0 Å². The third kappa shape index (κ3) is 4.99. The summed E-state index contributed by atoms with van der Waals surface area (Å²) in [5.74, 6) is 0.534. The van der Waals surface area contributed by atoms with Crippen LogP contribution in [0.1, 0.15) is 12.8 Å². The number of hydrogen-bond donors (Lipinski definition) is 3. The van der Waals surface area contributed by atoms with Crippen LogP contribution in [0.4, 0.5) is 11.6 Å². The number of fused-ring (bicyclic) bond motifs is 1. The number of anilines is 2. The minimum absolute atomic E-state index is 0.00813. The number of piperidine rings is 1. The average molecular weight is 461 g/mol. The third-order valence-corrected chi connectivity index (χ3v) is 6.13. The highest BCUT2D eigenvalue weighted by atomic mass is 35.5. The van der Waals surface area contributed by atoms with E-state index in [0.29, 0.717) is 23.2 Å². The molecule has 2 aromatic heterocycles.